The Morgan fingerprint density at radius 2 is 1.85 bits per heavy atom. The van der Waals surface area contributed by atoms with Crippen LogP contribution >= 0.6 is 0 Å². The second-order valence-corrected chi connectivity index (χ2v) is 9.36. The summed E-state index contributed by atoms with van der Waals surface area (Å²) in [5.41, 5.74) is 2.30. The van der Waals surface area contributed by atoms with E-state index in [1.165, 1.54) is 0 Å². The van der Waals surface area contributed by atoms with Gasteiger partial charge in [-0.15, -0.1) is 0 Å². The average molecular weight is 456 g/mol. The summed E-state index contributed by atoms with van der Waals surface area (Å²) in [6.45, 7) is 8.92. The van der Waals surface area contributed by atoms with Gasteiger partial charge in [0.05, 0.1) is 33.0 Å². The number of benzene rings is 1. The molecule has 1 aromatic heterocycles. The van der Waals surface area contributed by atoms with E-state index in [0.29, 0.717) is 25.6 Å². The monoisotopic (exact) mass is 455 g/mol. The number of nitrogens with zero attached hydrogens (tertiary/aromatic N) is 4. The topological polar surface area (TPSA) is 89.1 Å². The highest BCUT2D eigenvalue weighted by Gasteiger charge is 2.33. The molecule has 1 saturated heterocycles. The Morgan fingerprint density at radius 1 is 1.09 bits per heavy atom. The molecule has 0 bridgehead atoms. The lowest BCUT2D eigenvalue weighted by Crippen LogP contribution is -2.33. The van der Waals surface area contributed by atoms with Crippen LogP contribution in [0.3, 0.4) is 0 Å². The first-order valence-electron chi connectivity index (χ1n) is 11.3. The van der Waals surface area contributed by atoms with Gasteiger partial charge in [-0.25, -0.2) is 9.78 Å². The van der Waals surface area contributed by atoms with E-state index in [1.54, 1.807) is 19.1 Å². The largest absolute Gasteiger partial charge is 0.497 e. The molecular formula is C24H33N5O4. The average Bonchev–Trinajstić information content (AvgIpc) is 3.46. The number of aromatic nitrogens is 2. The fourth-order valence-electron chi connectivity index (χ4n) is 4.13. The van der Waals surface area contributed by atoms with Crippen molar-refractivity contribution in [3.8, 4) is 11.5 Å². The molecule has 9 nitrogen and oxygen atoms in total. The third-order valence-electron chi connectivity index (χ3n) is 5.75. The molecule has 1 fully saturated rings. The van der Waals surface area contributed by atoms with Crippen LogP contribution < -0.4 is 19.7 Å². The van der Waals surface area contributed by atoms with Crippen molar-refractivity contribution >= 4 is 17.9 Å². The van der Waals surface area contributed by atoms with E-state index < -0.39 is 5.60 Å². The zero-order valence-electron chi connectivity index (χ0n) is 20.1. The van der Waals surface area contributed by atoms with Crippen molar-refractivity contribution in [3.05, 3.63) is 35.0 Å². The second-order valence-electron chi connectivity index (χ2n) is 9.36. The number of methoxy groups -OCH3 is 2. The molecule has 1 aromatic carbocycles. The van der Waals surface area contributed by atoms with Crippen LogP contribution in [0.15, 0.2) is 18.2 Å². The molecule has 0 spiro atoms. The molecule has 1 N–H and O–H groups in total. The van der Waals surface area contributed by atoms with Crippen LogP contribution in [0, 0.1) is 0 Å². The van der Waals surface area contributed by atoms with Gasteiger partial charge in [0, 0.05) is 36.8 Å². The summed E-state index contributed by atoms with van der Waals surface area (Å²) in [5, 5.41) is 3.34. The van der Waals surface area contributed by atoms with Crippen LogP contribution in [0.25, 0.3) is 0 Å². The Hall–Kier alpha value is -3.23. The van der Waals surface area contributed by atoms with E-state index in [2.05, 4.69) is 10.2 Å². The summed E-state index contributed by atoms with van der Waals surface area (Å²) in [6.07, 6.45) is 1.95. The Labute approximate surface area is 195 Å². The zero-order valence-corrected chi connectivity index (χ0v) is 20.1. The number of amides is 1. The van der Waals surface area contributed by atoms with E-state index in [1.807, 2.05) is 39.0 Å². The van der Waals surface area contributed by atoms with Crippen molar-refractivity contribution in [1.29, 1.82) is 0 Å². The molecule has 9 heteroatoms. The number of anilines is 2. The van der Waals surface area contributed by atoms with Gasteiger partial charge in [0.1, 0.15) is 22.9 Å². The first kappa shape index (κ1) is 22.9. The molecule has 0 unspecified atom stereocenters. The van der Waals surface area contributed by atoms with Gasteiger partial charge in [0.25, 0.3) is 0 Å². The molecule has 1 amide bonds. The van der Waals surface area contributed by atoms with Gasteiger partial charge >= 0.3 is 6.09 Å². The minimum atomic E-state index is -0.542. The van der Waals surface area contributed by atoms with Crippen LogP contribution in [0.2, 0.25) is 0 Å². The predicted octanol–water partition coefficient (Wildman–Crippen LogP) is 3.96. The highest BCUT2D eigenvalue weighted by atomic mass is 16.6. The number of carbonyl (C=O) groups is 1. The van der Waals surface area contributed by atoms with E-state index in [-0.39, 0.29) is 6.09 Å². The molecule has 33 heavy (non-hydrogen) atoms. The van der Waals surface area contributed by atoms with Crippen molar-refractivity contribution in [3.63, 3.8) is 0 Å². The normalized spacial score (nSPS) is 15.4. The first-order valence-corrected chi connectivity index (χ1v) is 11.3. The van der Waals surface area contributed by atoms with E-state index in [9.17, 15) is 4.79 Å². The van der Waals surface area contributed by atoms with Crippen LogP contribution in [0.1, 0.15) is 50.4 Å². The lowest BCUT2D eigenvalue weighted by molar-refractivity contribution is 0.0241. The van der Waals surface area contributed by atoms with Crippen molar-refractivity contribution in [2.75, 3.05) is 37.5 Å². The smallest absolute Gasteiger partial charge is 0.410 e. The maximum absolute atomic E-state index is 12.7. The highest BCUT2D eigenvalue weighted by molar-refractivity contribution is 5.70. The fraction of sp³-hybridized carbons (Fsp3) is 0.542. The third-order valence-corrected chi connectivity index (χ3v) is 5.75. The standard InChI is InChI=1S/C24H33N5O4/c1-24(2,3)33-23(30)29-14-18-19(15-29)26-22(27-21(18)28-10-6-7-11-28)25-13-16-8-9-17(31-4)12-20(16)32-5/h8-9,12H,6-7,10-11,13-15H2,1-5H3,(H,25,26,27). The third kappa shape index (κ3) is 5.23. The number of ether oxygens (including phenoxy) is 3. The van der Waals surface area contributed by atoms with Crippen LogP contribution in [0.5, 0.6) is 11.5 Å². The SMILES string of the molecule is COc1ccc(CNc2nc3c(c(N4CCCC4)n2)CN(C(=O)OC(C)(C)C)C3)c(OC)c1. The summed E-state index contributed by atoms with van der Waals surface area (Å²) >= 11 is 0. The van der Waals surface area contributed by atoms with Gasteiger partial charge in [-0.05, 0) is 45.7 Å². The molecule has 3 heterocycles. The number of hydrogen-bond acceptors (Lipinski definition) is 8. The Bertz CT molecular complexity index is 1010. The fourth-order valence-corrected chi connectivity index (χ4v) is 4.13. The van der Waals surface area contributed by atoms with E-state index in [0.717, 1.165) is 60.1 Å². The van der Waals surface area contributed by atoms with Crippen molar-refractivity contribution < 1.29 is 19.0 Å². The van der Waals surface area contributed by atoms with Gasteiger partial charge < -0.3 is 24.4 Å². The molecular weight excluding hydrogens is 422 g/mol. The molecule has 2 aliphatic heterocycles. The van der Waals surface area contributed by atoms with Crippen LogP contribution in [-0.2, 0) is 24.4 Å². The Kier molecular flexibility index (Phi) is 6.49. The molecule has 0 saturated carbocycles. The molecule has 2 aromatic rings. The van der Waals surface area contributed by atoms with Crippen LogP contribution in [0.4, 0.5) is 16.6 Å². The Balaban J connectivity index is 1.57. The molecule has 2 aliphatic rings. The van der Waals surface area contributed by atoms with Gasteiger partial charge in [0.15, 0.2) is 0 Å². The molecule has 0 radical (unpaired) electrons. The highest BCUT2D eigenvalue weighted by Crippen LogP contribution is 2.33. The quantitative estimate of drug-likeness (QED) is 0.700. The van der Waals surface area contributed by atoms with Crippen LogP contribution in [-0.4, -0.2) is 53.9 Å². The number of carbonyl (C=O) groups excluding carboxylic acids is 1. The predicted molar refractivity (Wildman–Crippen MR) is 126 cm³/mol. The maximum Gasteiger partial charge on any atom is 0.410 e. The number of rotatable bonds is 6. The number of nitrogens with one attached hydrogen (secondary N) is 1. The lowest BCUT2D eigenvalue weighted by atomic mass is 10.2. The summed E-state index contributed by atoms with van der Waals surface area (Å²) in [4.78, 5) is 26.3. The lowest BCUT2D eigenvalue weighted by Gasteiger charge is -2.24. The maximum atomic E-state index is 12.7. The molecule has 0 aliphatic carbocycles. The second kappa shape index (κ2) is 9.33. The van der Waals surface area contributed by atoms with E-state index >= 15 is 0 Å². The minimum absolute atomic E-state index is 0.328. The zero-order chi connectivity index (χ0) is 23.6. The van der Waals surface area contributed by atoms with Gasteiger partial charge in [0.2, 0.25) is 5.95 Å². The van der Waals surface area contributed by atoms with E-state index in [4.69, 9.17) is 24.2 Å². The van der Waals surface area contributed by atoms with Crippen molar-refractivity contribution in [1.82, 2.24) is 14.9 Å². The number of fused-ring (bicyclic) bond motifs is 1. The van der Waals surface area contributed by atoms with Crippen molar-refractivity contribution in [2.24, 2.45) is 0 Å². The molecule has 0 atom stereocenters. The molecule has 4 rings (SSSR count). The summed E-state index contributed by atoms with van der Waals surface area (Å²) < 4.78 is 16.4. The first-order chi connectivity index (χ1) is 15.8. The summed E-state index contributed by atoms with van der Waals surface area (Å²) in [7, 11) is 3.27. The molecule has 178 valence electrons. The summed E-state index contributed by atoms with van der Waals surface area (Å²) in [5.74, 6) is 2.93. The van der Waals surface area contributed by atoms with Gasteiger partial charge in [-0.2, -0.15) is 4.98 Å². The van der Waals surface area contributed by atoms with Crippen molar-refractivity contribution in [2.45, 2.75) is 58.8 Å². The summed E-state index contributed by atoms with van der Waals surface area (Å²) in [6, 6.07) is 5.72. The van der Waals surface area contributed by atoms with Gasteiger partial charge in [-0.1, -0.05) is 0 Å². The Morgan fingerprint density at radius 3 is 2.52 bits per heavy atom. The van der Waals surface area contributed by atoms with Gasteiger partial charge in [-0.3, -0.25) is 4.90 Å². The number of hydrogen-bond donors (Lipinski definition) is 1. The minimum Gasteiger partial charge on any atom is -0.497 e.